The number of carbonyl (C=O) groups is 1. The van der Waals surface area contributed by atoms with Gasteiger partial charge in [-0.15, -0.1) is 0 Å². The Hall–Kier alpha value is -1.72. The molecule has 0 bridgehead atoms. The summed E-state index contributed by atoms with van der Waals surface area (Å²) < 4.78 is 24.5. The molecule has 0 atom stereocenters. The second-order valence-corrected chi connectivity index (χ2v) is 5.21. The molecule has 0 spiro atoms. The van der Waals surface area contributed by atoms with Crippen molar-refractivity contribution in [3.8, 4) is 5.75 Å². The minimum absolute atomic E-state index is 0.0652. The van der Waals surface area contributed by atoms with Gasteiger partial charge in [0.1, 0.15) is 18.2 Å². The zero-order valence-corrected chi connectivity index (χ0v) is 13.0. The van der Waals surface area contributed by atoms with E-state index >= 15 is 0 Å². The van der Waals surface area contributed by atoms with Gasteiger partial charge in [-0.1, -0.05) is 18.2 Å². The second kappa shape index (κ2) is 7.33. The van der Waals surface area contributed by atoms with Crippen LogP contribution in [-0.4, -0.2) is 19.5 Å². The molecule has 0 aliphatic heterocycles. The van der Waals surface area contributed by atoms with E-state index in [-0.39, 0.29) is 24.8 Å². The molecule has 0 aromatic heterocycles. The van der Waals surface area contributed by atoms with Crippen LogP contribution in [0.2, 0.25) is 0 Å². The first-order chi connectivity index (χ1) is 10.1. The number of ether oxygens (including phenoxy) is 2. The molecule has 0 aliphatic carbocycles. The van der Waals surface area contributed by atoms with E-state index in [2.05, 4.69) is 15.9 Å². The average molecular weight is 353 g/mol. The number of halogens is 2. The van der Waals surface area contributed by atoms with E-state index in [4.69, 9.17) is 9.47 Å². The standard InChI is InChI=1S/C16H14BrFO3/c1-20-16-7-6-11(8-13(16)17)15(19)10-21-9-12-4-2-3-5-14(12)18/h2-8H,9-10H2,1H3. The summed E-state index contributed by atoms with van der Waals surface area (Å²) in [5, 5.41) is 0. The minimum Gasteiger partial charge on any atom is -0.496 e. The Morgan fingerprint density at radius 3 is 2.67 bits per heavy atom. The maximum atomic E-state index is 13.4. The maximum absolute atomic E-state index is 13.4. The van der Waals surface area contributed by atoms with Crippen molar-refractivity contribution in [3.05, 3.63) is 63.9 Å². The van der Waals surface area contributed by atoms with Crippen molar-refractivity contribution in [2.75, 3.05) is 13.7 Å². The van der Waals surface area contributed by atoms with Crippen LogP contribution < -0.4 is 4.74 Å². The highest BCUT2D eigenvalue weighted by atomic mass is 79.9. The highest BCUT2D eigenvalue weighted by Crippen LogP contribution is 2.25. The lowest BCUT2D eigenvalue weighted by Gasteiger charge is -2.07. The molecule has 0 amide bonds. The third-order valence-corrected chi connectivity index (χ3v) is 3.54. The van der Waals surface area contributed by atoms with Gasteiger partial charge in [0.15, 0.2) is 5.78 Å². The lowest BCUT2D eigenvalue weighted by atomic mass is 10.1. The van der Waals surface area contributed by atoms with E-state index in [1.807, 2.05) is 0 Å². The Morgan fingerprint density at radius 1 is 1.24 bits per heavy atom. The molecule has 2 rings (SSSR count). The van der Waals surface area contributed by atoms with Crippen molar-refractivity contribution >= 4 is 21.7 Å². The van der Waals surface area contributed by atoms with Gasteiger partial charge in [-0.25, -0.2) is 4.39 Å². The molecule has 0 aliphatic rings. The molecule has 0 unspecified atom stereocenters. The van der Waals surface area contributed by atoms with Crippen LogP contribution in [-0.2, 0) is 11.3 Å². The Labute approximate surface area is 130 Å². The number of benzene rings is 2. The third kappa shape index (κ3) is 4.12. The van der Waals surface area contributed by atoms with Gasteiger partial charge in [0, 0.05) is 11.1 Å². The van der Waals surface area contributed by atoms with Crippen molar-refractivity contribution in [1.82, 2.24) is 0 Å². The fraction of sp³-hybridized carbons (Fsp3) is 0.188. The summed E-state index contributed by atoms with van der Waals surface area (Å²) in [7, 11) is 1.55. The summed E-state index contributed by atoms with van der Waals surface area (Å²) >= 11 is 3.32. The fourth-order valence-corrected chi connectivity index (χ4v) is 2.33. The van der Waals surface area contributed by atoms with Gasteiger partial charge in [-0.3, -0.25) is 4.79 Å². The first-order valence-corrected chi connectivity index (χ1v) is 7.09. The Balaban J connectivity index is 1.93. The number of carbonyl (C=O) groups excluding carboxylic acids is 1. The van der Waals surface area contributed by atoms with Gasteiger partial charge in [-0.05, 0) is 40.2 Å². The summed E-state index contributed by atoms with van der Waals surface area (Å²) in [4.78, 5) is 12.0. The highest BCUT2D eigenvalue weighted by molar-refractivity contribution is 9.10. The van der Waals surface area contributed by atoms with Crippen molar-refractivity contribution in [2.24, 2.45) is 0 Å². The molecule has 110 valence electrons. The van der Waals surface area contributed by atoms with Crippen LogP contribution in [0.3, 0.4) is 0 Å². The minimum atomic E-state index is -0.336. The summed E-state index contributed by atoms with van der Waals surface area (Å²) in [6.45, 7) is -0.0388. The van der Waals surface area contributed by atoms with Gasteiger partial charge >= 0.3 is 0 Å². The van der Waals surface area contributed by atoms with Crippen LogP contribution in [0, 0.1) is 5.82 Å². The Bertz CT molecular complexity index is 643. The van der Waals surface area contributed by atoms with E-state index < -0.39 is 0 Å². The van der Waals surface area contributed by atoms with Gasteiger partial charge in [-0.2, -0.15) is 0 Å². The van der Waals surface area contributed by atoms with Crippen LogP contribution in [0.25, 0.3) is 0 Å². The molecule has 21 heavy (non-hydrogen) atoms. The molecule has 5 heteroatoms. The second-order valence-electron chi connectivity index (χ2n) is 4.36. The van der Waals surface area contributed by atoms with Crippen LogP contribution in [0.1, 0.15) is 15.9 Å². The molecule has 3 nitrogen and oxygen atoms in total. The number of Topliss-reactive ketones (excluding diaryl/α,β-unsaturated/α-hetero) is 1. The number of methoxy groups -OCH3 is 1. The quantitative estimate of drug-likeness (QED) is 0.737. The molecular formula is C16H14BrFO3. The monoisotopic (exact) mass is 352 g/mol. The number of ketones is 1. The predicted octanol–water partition coefficient (Wildman–Crippen LogP) is 4.00. The van der Waals surface area contributed by atoms with E-state index in [1.165, 1.54) is 6.07 Å². The summed E-state index contributed by atoms with van der Waals surface area (Å²) in [5.41, 5.74) is 0.942. The Morgan fingerprint density at radius 2 is 2.00 bits per heavy atom. The zero-order chi connectivity index (χ0) is 15.2. The van der Waals surface area contributed by atoms with Crippen molar-refractivity contribution < 1.29 is 18.7 Å². The normalized spacial score (nSPS) is 10.4. The van der Waals surface area contributed by atoms with Gasteiger partial charge < -0.3 is 9.47 Å². The van der Waals surface area contributed by atoms with E-state index in [9.17, 15) is 9.18 Å². The highest BCUT2D eigenvalue weighted by Gasteiger charge is 2.10. The van der Waals surface area contributed by atoms with Crippen LogP contribution in [0.15, 0.2) is 46.9 Å². The predicted molar refractivity (Wildman–Crippen MR) is 81.1 cm³/mol. The summed E-state index contributed by atoms with van der Waals surface area (Å²) in [5.74, 6) is 0.144. The first kappa shape index (κ1) is 15.7. The molecule has 2 aromatic carbocycles. The van der Waals surface area contributed by atoms with E-state index in [1.54, 1.807) is 43.5 Å². The molecular weight excluding hydrogens is 339 g/mol. The topological polar surface area (TPSA) is 35.5 Å². The Kier molecular flexibility index (Phi) is 5.47. The fourth-order valence-electron chi connectivity index (χ4n) is 1.79. The molecule has 0 fully saturated rings. The maximum Gasteiger partial charge on any atom is 0.188 e. The van der Waals surface area contributed by atoms with Gasteiger partial charge in [0.25, 0.3) is 0 Å². The van der Waals surface area contributed by atoms with Gasteiger partial charge in [0.2, 0.25) is 0 Å². The van der Waals surface area contributed by atoms with Crippen LogP contribution >= 0.6 is 15.9 Å². The van der Waals surface area contributed by atoms with Crippen LogP contribution in [0.5, 0.6) is 5.75 Å². The third-order valence-electron chi connectivity index (χ3n) is 2.92. The molecule has 0 heterocycles. The number of hydrogen-bond donors (Lipinski definition) is 0. The molecule has 0 saturated carbocycles. The summed E-state index contributed by atoms with van der Waals surface area (Å²) in [6.07, 6.45) is 0. The van der Waals surface area contributed by atoms with Crippen molar-refractivity contribution in [2.45, 2.75) is 6.61 Å². The SMILES string of the molecule is COc1ccc(C(=O)COCc2ccccc2F)cc1Br. The number of rotatable bonds is 6. The lowest BCUT2D eigenvalue weighted by Crippen LogP contribution is -2.09. The van der Waals surface area contributed by atoms with E-state index in [0.29, 0.717) is 21.3 Å². The number of hydrogen-bond acceptors (Lipinski definition) is 3. The molecule has 0 radical (unpaired) electrons. The van der Waals surface area contributed by atoms with Crippen molar-refractivity contribution in [3.63, 3.8) is 0 Å². The van der Waals surface area contributed by atoms with Crippen LogP contribution in [0.4, 0.5) is 4.39 Å². The zero-order valence-electron chi connectivity index (χ0n) is 11.4. The largest absolute Gasteiger partial charge is 0.496 e. The molecule has 0 saturated heterocycles. The average Bonchev–Trinajstić information content (AvgIpc) is 2.49. The first-order valence-electron chi connectivity index (χ1n) is 6.29. The van der Waals surface area contributed by atoms with Gasteiger partial charge in [0.05, 0.1) is 18.2 Å². The molecule has 2 aromatic rings. The van der Waals surface area contributed by atoms with E-state index in [0.717, 1.165) is 0 Å². The van der Waals surface area contributed by atoms with Crippen molar-refractivity contribution in [1.29, 1.82) is 0 Å². The lowest BCUT2D eigenvalue weighted by molar-refractivity contribution is 0.0721. The smallest absolute Gasteiger partial charge is 0.188 e. The molecule has 0 N–H and O–H groups in total. The summed E-state index contributed by atoms with van der Waals surface area (Å²) in [6, 6.07) is 11.4.